The van der Waals surface area contributed by atoms with E-state index in [4.69, 9.17) is 5.11 Å². The van der Waals surface area contributed by atoms with Crippen LogP contribution < -0.4 is 0 Å². The van der Waals surface area contributed by atoms with E-state index in [9.17, 15) is 9.59 Å². The van der Waals surface area contributed by atoms with Crippen molar-refractivity contribution in [3.8, 4) is 0 Å². The number of aromatic carboxylic acids is 1. The first-order valence-electron chi connectivity index (χ1n) is 8.57. The second kappa shape index (κ2) is 7.21. The van der Waals surface area contributed by atoms with Crippen LogP contribution in [-0.2, 0) is 6.42 Å². The molecule has 2 saturated heterocycles. The van der Waals surface area contributed by atoms with Crippen molar-refractivity contribution in [3.05, 3.63) is 35.4 Å². The number of carboxylic acids is 1. The smallest absolute Gasteiger partial charge is 0.335 e. The zero-order valence-electron chi connectivity index (χ0n) is 14.1. The molecule has 1 atom stereocenters. The van der Waals surface area contributed by atoms with Gasteiger partial charge in [0.05, 0.1) is 5.56 Å². The first kappa shape index (κ1) is 16.8. The minimum atomic E-state index is -0.897. The van der Waals surface area contributed by atoms with Gasteiger partial charge in [-0.05, 0) is 43.5 Å². The normalized spacial score (nSPS) is 22.0. The second-order valence-corrected chi connectivity index (χ2v) is 6.88. The van der Waals surface area contributed by atoms with Crippen LogP contribution in [0.15, 0.2) is 24.3 Å². The molecule has 0 aromatic heterocycles. The van der Waals surface area contributed by atoms with Crippen LogP contribution in [0.2, 0.25) is 0 Å². The molecule has 2 fully saturated rings. The molecule has 1 aromatic carbocycles. The van der Waals surface area contributed by atoms with Crippen LogP contribution in [0.3, 0.4) is 0 Å². The van der Waals surface area contributed by atoms with Gasteiger partial charge in [0.15, 0.2) is 0 Å². The van der Waals surface area contributed by atoms with Crippen molar-refractivity contribution in [3.63, 3.8) is 0 Å². The molecule has 24 heavy (non-hydrogen) atoms. The Bertz CT molecular complexity index is 594. The number of hydrogen-bond acceptors (Lipinski definition) is 3. The standard InChI is InChI=1S/C18H25N3O3/c1-19-8-10-20(11-9-19)18(24)21-7-6-15(13-21)12-14-2-4-16(5-3-14)17(22)23/h2-5,15H,6-13H2,1H3,(H,22,23). The number of likely N-dealkylation sites (tertiary alicyclic amines) is 1. The number of benzene rings is 1. The maximum Gasteiger partial charge on any atom is 0.335 e. The highest BCUT2D eigenvalue weighted by Crippen LogP contribution is 2.22. The summed E-state index contributed by atoms with van der Waals surface area (Å²) in [5.41, 5.74) is 1.45. The Kier molecular flexibility index (Phi) is 5.04. The summed E-state index contributed by atoms with van der Waals surface area (Å²) in [5.74, 6) is -0.441. The number of carboxylic acid groups (broad SMARTS) is 1. The van der Waals surface area contributed by atoms with Crippen molar-refractivity contribution in [1.29, 1.82) is 0 Å². The maximum atomic E-state index is 12.6. The molecule has 0 spiro atoms. The summed E-state index contributed by atoms with van der Waals surface area (Å²) in [5, 5.41) is 8.94. The Morgan fingerprint density at radius 1 is 1.04 bits per heavy atom. The zero-order chi connectivity index (χ0) is 17.1. The fourth-order valence-corrected chi connectivity index (χ4v) is 3.49. The van der Waals surface area contributed by atoms with Gasteiger partial charge >= 0.3 is 12.0 Å². The first-order valence-corrected chi connectivity index (χ1v) is 8.57. The van der Waals surface area contributed by atoms with Crippen molar-refractivity contribution in [2.24, 2.45) is 5.92 Å². The molecule has 1 aromatic rings. The quantitative estimate of drug-likeness (QED) is 0.914. The number of rotatable bonds is 3. The monoisotopic (exact) mass is 331 g/mol. The lowest BCUT2D eigenvalue weighted by Crippen LogP contribution is -2.51. The molecule has 2 aliphatic rings. The lowest BCUT2D eigenvalue weighted by Gasteiger charge is -2.35. The van der Waals surface area contributed by atoms with Crippen LogP contribution in [0.4, 0.5) is 4.79 Å². The van der Waals surface area contributed by atoms with E-state index < -0.39 is 5.97 Å². The van der Waals surface area contributed by atoms with Crippen LogP contribution in [0, 0.1) is 5.92 Å². The average molecular weight is 331 g/mol. The highest BCUT2D eigenvalue weighted by atomic mass is 16.4. The molecule has 2 amide bonds. The number of carbonyl (C=O) groups is 2. The van der Waals surface area contributed by atoms with Crippen molar-refractivity contribution in [2.45, 2.75) is 12.8 Å². The molecule has 2 heterocycles. The maximum absolute atomic E-state index is 12.6. The molecule has 1 unspecified atom stereocenters. The van der Waals surface area contributed by atoms with Gasteiger partial charge in [0.1, 0.15) is 0 Å². The van der Waals surface area contributed by atoms with Crippen LogP contribution >= 0.6 is 0 Å². The molecular weight excluding hydrogens is 306 g/mol. The third-order valence-electron chi connectivity index (χ3n) is 5.06. The molecule has 0 radical (unpaired) electrons. The van der Waals surface area contributed by atoms with E-state index in [-0.39, 0.29) is 6.03 Å². The van der Waals surface area contributed by atoms with Gasteiger partial charge in [0, 0.05) is 39.3 Å². The van der Waals surface area contributed by atoms with E-state index in [0.29, 0.717) is 11.5 Å². The summed E-state index contributed by atoms with van der Waals surface area (Å²) >= 11 is 0. The second-order valence-electron chi connectivity index (χ2n) is 6.88. The summed E-state index contributed by atoms with van der Waals surface area (Å²) in [7, 11) is 2.09. The van der Waals surface area contributed by atoms with E-state index in [2.05, 4.69) is 11.9 Å². The Labute approximate surface area is 142 Å². The Morgan fingerprint density at radius 3 is 2.33 bits per heavy atom. The highest BCUT2D eigenvalue weighted by molar-refractivity contribution is 5.87. The Balaban J connectivity index is 1.51. The van der Waals surface area contributed by atoms with Gasteiger partial charge in [0.25, 0.3) is 0 Å². The minimum Gasteiger partial charge on any atom is -0.478 e. The third-order valence-corrected chi connectivity index (χ3v) is 5.06. The van der Waals surface area contributed by atoms with E-state index in [1.807, 2.05) is 21.9 Å². The summed E-state index contributed by atoms with van der Waals surface area (Å²) < 4.78 is 0. The van der Waals surface area contributed by atoms with Crippen LogP contribution in [0.25, 0.3) is 0 Å². The van der Waals surface area contributed by atoms with Gasteiger partial charge in [-0.3, -0.25) is 0 Å². The van der Waals surface area contributed by atoms with Crippen molar-refractivity contribution in [1.82, 2.24) is 14.7 Å². The third kappa shape index (κ3) is 3.87. The first-order chi connectivity index (χ1) is 11.5. The molecule has 2 aliphatic heterocycles. The van der Waals surface area contributed by atoms with Gasteiger partial charge < -0.3 is 19.8 Å². The lowest BCUT2D eigenvalue weighted by atomic mass is 9.98. The predicted octanol–water partition coefficient (Wildman–Crippen LogP) is 1.62. The molecule has 6 nitrogen and oxygen atoms in total. The molecule has 0 bridgehead atoms. The van der Waals surface area contributed by atoms with Crippen LogP contribution in [0.1, 0.15) is 22.3 Å². The number of nitrogens with zero attached hydrogens (tertiary/aromatic N) is 3. The molecule has 0 aliphatic carbocycles. The van der Waals surface area contributed by atoms with Crippen molar-refractivity contribution >= 4 is 12.0 Å². The average Bonchev–Trinajstić information content (AvgIpc) is 3.04. The number of piperazine rings is 1. The van der Waals surface area contributed by atoms with Gasteiger partial charge in [0.2, 0.25) is 0 Å². The van der Waals surface area contributed by atoms with Crippen LogP contribution in [-0.4, -0.2) is 78.1 Å². The molecule has 1 N–H and O–H groups in total. The SMILES string of the molecule is CN1CCN(C(=O)N2CCC(Cc3ccc(C(=O)O)cc3)C2)CC1. The summed E-state index contributed by atoms with van der Waals surface area (Å²) in [4.78, 5) is 29.7. The van der Waals surface area contributed by atoms with Crippen molar-refractivity contribution < 1.29 is 14.7 Å². The highest BCUT2D eigenvalue weighted by Gasteiger charge is 2.30. The largest absolute Gasteiger partial charge is 0.478 e. The van der Waals surface area contributed by atoms with Crippen LogP contribution in [0.5, 0.6) is 0 Å². The summed E-state index contributed by atoms with van der Waals surface area (Å²) in [6.45, 7) is 5.13. The van der Waals surface area contributed by atoms with Gasteiger partial charge in [-0.1, -0.05) is 12.1 Å². The Morgan fingerprint density at radius 2 is 1.71 bits per heavy atom. The van der Waals surface area contributed by atoms with E-state index in [0.717, 1.165) is 57.7 Å². The molecule has 0 saturated carbocycles. The molecule has 130 valence electrons. The number of hydrogen-bond donors (Lipinski definition) is 1. The lowest BCUT2D eigenvalue weighted by molar-refractivity contribution is 0.0697. The topological polar surface area (TPSA) is 64.1 Å². The zero-order valence-corrected chi connectivity index (χ0v) is 14.1. The van der Waals surface area contributed by atoms with E-state index in [1.54, 1.807) is 12.1 Å². The van der Waals surface area contributed by atoms with Gasteiger partial charge in [-0.25, -0.2) is 9.59 Å². The molecule has 3 rings (SSSR count). The molecular formula is C18H25N3O3. The van der Waals surface area contributed by atoms with E-state index >= 15 is 0 Å². The Hall–Kier alpha value is -2.08. The summed E-state index contributed by atoms with van der Waals surface area (Å²) in [6.07, 6.45) is 1.91. The minimum absolute atomic E-state index is 0.173. The number of likely N-dealkylation sites (N-methyl/N-ethyl adjacent to an activating group) is 1. The van der Waals surface area contributed by atoms with Gasteiger partial charge in [-0.2, -0.15) is 0 Å². The number of amides is 2. The number of urea groups is 1. The fourth-order valence-electron chi connectivity index (χ4n) is 3.49. The number of carbonyl (C=O) groups excluding carboxylic acids is 1. The van der Waals surface area contributed by atoms with E-state index in [1.165, 1.54) is 0 Å². The van der Waals surface area contributed by atoms with Gasteiger partial charge in [-0.15, -0.1) is 0 Å². The predicted molar refractivity (Wildman–Crippen MR) is 91.3 cm³/mol. The fraction of sp³-hybridized carbons (Fsp3) is 0.556. The summed E-state index contributed by atoms with van der Waals surface area (Å²) in [6, 6.07) is 7.24. The molecule has 6 heteroatoms. The van der Waals surface area contributed by atoms with Crippen molar-refractivity contribution in [2.75, 3.05) is 46.3 Å².